The average molecular weight is 326 g/mol. The number of carbonyl (C=O) groups is 1. The fourth-order valence-electron chi connectivity index (χ4n) is 2.17. The smallest absolute Gasteiger partial charge is 0.328 e. The number of aromatic nitrogens is 2. The van der Waals surface area contributed by atoms with Crippen molar-refractivity contribution in [2.24, 2.45) is 0 Å². The van der Waals surface area contributed by atoms with E-state index in [-0.39, 0.29) is 24.6 Å². The highest BCUT2D eigenvalue weighted by molar-refractivity contribution is 5.94. The van der Waals surface area contributed by atoms with Gasteiger partial charge in [0.05, 0.1) is 0 Å². The van der Waals surface area contributed by atoms with Gasteiger partial charge in [0, 0.05) is 24.8 Å². The van der Waals surface area contributed by atoms with Gasteiger partial charge in [0.15, 0.2) is 0 Å². The maximum absolute atomic E-state index is 12.1. The largest absolute Gasteiger partial charge is 0.350 e. The van der Waals surface area contributed by atoms with Gasteiger partial charge in [-0.2, -0.15) is 5.26 Å². The van der Waals surface area contributed by atoms with Gasteiger partial charge in [-0.3, -0.25) is 19.1 Å². The summed E-state index contributed by atoms with van der Waals surface area (Å²) in [5.41, 5.74) is 0.203. The summed E-state index contributed by atoms with van der Waals surface area (Å²) in [6.07, 6.45) is 1.19. The van der Waals surface area contributed by atoms with E-state index >= 15 is 0 Å². The molecule has 0 atom stereocenters. The molecule has 124 valence electrons. The molecule has 7 nitrogen and oxygen atoms in total. The van der Waals surface area contributed by atoms with Crippen molar-refractivity contribution in [3.05, 3.63) is 68.0 Å². The predicted molar refractivity (Wildman–Crippen MR) is 88.9 cm³/mol. The van der Waals surface area contributed by atoms with Crippen molar-refractivity contribution in [2.45, 2.75) is 26.3 Å². The Kier molecular flexibility index (Phi) is 5.32. The van der Waals surface area contributed by atoms with Crippen LogP contribution in [0.1, 0.15) is 41.3 Å². The molecule has 1 aromatic heterocycles. The van der Waals surface area contributed by atoms with Crippen LogP contribution in [0.4, 0.5) is 0 Å². The number of hydrogen-bond donors (Lipinski definition) is 2. The Morgan fingerprint density at radius 3 is 2.54 bits per heavy atom. The van der Waals surface area contributed by atoms with Crippen LogP contribution in [0.25, 0.3) is 0 Å². The molecule has 0 aliphatic heterocycles. The van der Waals surface area contributed by atoms with Gasteiger partial charge >= 0.3 is 5.69 Å². The molecule has 0 bridgehead atoms. The summed E-state index contributed by atoms with van der Waals surface area (Å²) in [5, 5.41) is 11.5. The van der Waals surface area contributed by atoms with Crippen LogP contribution in [-0.2, 0) is 6.54 Å². The molecule has 0 aliphatic rings. The number of amides is 1. The van der Waals surface area contributed by atoms with Crippen molar-refractivity contribution >= 4 is 5.91 Å². The number of nitriles is 1. The van der Waals surface area contributed by atoms with Crippen molar-refractivity contribution in [3.8, 4) is 6.07 Å². The van der Waals surface area contributed by atoms with Gasteiger partial charge in [-0.15, -0.1) is 0 Å². The second-order valence-corrected chi connectivity index (χ2v) is 5.64. The Bertz CT molecular complexity index is 886. The van der Waals surface area contributed by atoms with Gasteiger partial charge in [0.2, 0.25) is 0 Å². The third kappa shape index (κ3) is 3.98. The summed E-state index contributed by atoms with van der Waals surface area (Å²) < 4.78 is 1.18. The Hall–Kier alpha value is -3.14. The first-order chi connectivity index (χ1) is 11.4. The average Bonchev–Trinajstić information content (AvgIpc) is 2.56. The molecule has 0 fully saturated rings. The summed E-state index contributed by atoms with van der Waals surface area (Å²) in [4.78, 5) is 37.1. The molecule has 0 radical (unpaired) electrons. The molecule has 0 aliphatic carbocycles. The molecule has 2 rings (SSSR count). The van der Waals surface area contributed by atoms with Gasteiger partial charge in [-0.05, 0) is 23.6 Å². The lowest BCUT2D eigenvalue weighted by Crippen LogP contribution is -2.35. The summed E-state index contributed by atoms with van der Waals surface area (Å²) in [6.45, 7) is 4.50. The summed E-state index contributed by atoms with van der Waals surface area (Å²) in [6, 6.07) is 9.04. The van der Waals surface area contributed by atoms with E-state index in [0.29, 0.717) is 11.5 Å². The van der Waals surface area contributed by atoms with E-state index in [4.69, 9.17) is 5.26 Å². The molecule has 2 N–H and O–H groups in total. The van der Waals surface area contributed by atoms with Crippen molar-refractivity contribution in [3.63, 3.8) is 0 Å². The molecule has 1 amide bonds. The molecule has 24 heavy (non-hydrogen) atoms. The minimum absolute atomic E-state index is 0.148. The van der Waals surface area contributed by atoms with Crippen LogP contribution < -0.4 is 16.6 Å². The van der Waals surface area contributed by atoms with Gasteiger partial charge in [-0.25, -0.2) is 4.79 Å². The Labute approximate surface area is 138 Å². The van der Waals surface area contributed by atoms with Gasteiger partial charge < -0.3 is 5.32 Å². The molecule has 0 unspecified atom stereocenters. The zero-order valence-corrected chi connectivity index (χ0v) is 13.5. The summed E-state index contributed by atoms with van der Waals surface area (Å²) in [5.74, 6) is 0.145. The van der Waals surface area contributed by atoms with Crippen LogP contribution in [-0.4, -0.2) is 22.0 Å². The number of hydrogen-bond acceptors (Lipinski definition) is 4. The van der Waals surface area contributed by atoms with E-state index in [9.17, 15) is 14.4 Å². The number of nitrogens with one attached hydrogen (secondary N) is 2. The van der Waals surface area contributed by atoms with E-state index in [0.717, 1.165) is 5.56 Å². The standard InChI is InChI=1S/C17H18N4O3/c1-11(2)12-3-5-13(6-4-12)15(22)19-7-8-21-10-14(9-18)16(23)20-17(21)24/h3-6,10-11H,7-8H2,1-2H3,(H,19,22)(H,20,23,24). The highest BCUT2D eigenvalue weighted by Crippen LogP contribution is 2.14. The van der Waals surface area contributed by atoms with Crippen LogP contribution in [0.5, 0.6) is 0 Å². The molecule has 1 heterocycles. The highest BCUT2D eigenvalue weighted by atomic mass is 16.2. The quantitative estimate of drug-likeness (QED) is 0.853. The Morgan fingerprint density at radius 1 is 1.29 bits per heavy atom. The van der Waals surface area contributed by atoms with Gasteiger partial charge in [-0.1, -0.05) is 26.0 Å². The van der Waals surface area contributed by atoms with Gasteiger partial charge in [0.25, 0.3) is 11.5 Å². The number of rotatable bonds is 5. The summed E-state index contributed by atoms with van der Waals surface area (Å²) >= 11 is 0. The van der Waals surface area contributed by atoms with Crippen LogP contribution in [0.3, 0.4) is 0 Å². The summed E-state index contributed by atoms with van der Waals surface area (Å²) in [7, 11) is 0. The third-order valence-electron chi connectivity index (χ3n) is 3.61. The van der Waals surface area contributed by atoms with Crippen LogP contribution >= 0.6 is 0 Å². The minimum atomic E-state index is -0.715. The zero-order valence-electron chi connectivity index (χ0n) is 13.5. The van der Waals surface area contributed by atoms with Crippen molar-refractivity contribution < 1.29 is 4.79 Å². The second kappa shape index (κ2) is 7.42. The normalized spacial score (nSPS) is 10.4. The molecule has 0 spiro atoms. The van der Waals surface area contributed by atoms with E-state index in [1.165, 1.54) is 10.8 Å². The minimum Gasteiger partial charge on any atom is -0.350 e. The van der Waals surface area contributed by atoms with E-state index < -0.39 is 11.2 Å². The molecule has 7 heteroatoms. The fraction of sp³-hybridized carbons (Fsp3) is 0.294. The number of aromatic amines is 1. The highest BCUT2D eigenvalue weighted by Gasteiger charge is 2.07. The molecule has 0 saturated carbocycles. The Balaban J connectivity index is 1.99. The number of benzene rings is 1. The first-order valence-corrected chi connectivity index (χ1v) is 7.54. The molecular weight excluding hydrogens is 308 g/mol. The maximum atomic E-state index is 12.1. The van der Waals surface area contributed by atoms with E-state index in [2.05, 4.69) is 24.1 Å². The fourth-order valence-corrected chi connectivity index (χ4v) is 2.17. The topological polar surface area (TPSA) is 108 Å². The lowest BCUT2D eigenvalue weighted by Gasteiger charge is -2.09. The Morgan fingerprint density at radius 2 is 1.96 bits per heavy atom. The van der Waals surface area contributed by atoms with Crippen molar-refractivity contribution in [2.75, 3.05) is 6.54 Å². The number of nitrogens with zero attached hydrogens (tertiary/aromatic N) is 2. The van der Waals surface area contributed by atoms with E-state index in [1.807, 2.05) is 12.1 Å². The second-order valence-electron chi connectivity index (χ2n) is 5.64. The SMILES string of the molecule is CC(C)c1ccc(C(=O)NCCn2cc(C#N)c(=O)[nH]c2=O)cc1. The first kappa shape index (κ1) is 17.2. The number of carbonyl (C=O) groups excluding carboxylic acids is 1. The molecule has 2 aromatic rings. The molecular formula is C17H18N4O3. The monoisotopic (exact) mass is 326 g/mol. The predicted octanol–water partition coefficient (Wildman–Crippen LogP) is 0.962. The van der Waals surface area contributed by atoms with Crippen molar-refractivity contribution in [1.82, 2.24) is 14.9 Å². The first-order valence-electron chi connectivity index (χ1n) is 7.54. The van der Waals surface area contributed by atoms with Crippen LogP contribution in [0.2, 0.25) is 0 Å². The molecule has 0 saturated heterocycles. The van der Waals surface area contributed by atoms with Crippen molar-refractivity contribution in [1.29, 1.82) is 5.26 Å². The van der Waals surface area contributed by atoms with Crippen LogP contribution in [0.15, 0.2) is 40.1 Å². The lowest BCUT2D eigenvalue weighted by molar-refractivity contribution is 0.0952. The van der Waals surface area contributed by atoms with Crippen LogP contribution in [0, 0.1) is 11.3 Å². The zero-order chi connectivity index (χ0) is 17.7. The number of H-pyrrole nitrogens is 1. The lowest BCUT2D eigenvalue weighted by atomic mass is 10.0. The molecule has 1 aromatic carbocycles. The van der Waals surface area contributed by atoms with Gasteiger partial charge in [0.1, 0.15) is 11.6 Å². The van der Waals surface area contributed by atoms with E-state index in [1.54, 1.807) is 18.2 Å². The third-order valence-corrected chi connectivity index (χ3v) is 3.61. The maximum Gasteiger partial charge on any atom is 0.328 e.